The van der Waals surface area contributed by atoms with Crippen molar-refractivity contribution in [1.82, 2.24) is 4.90 Å². The number of primary amides is 1. The first-order chi connectivity index (χ1) is 12.1. The molecule has 6 nitrogen and oxygen atoms in total. The number of amides is 2. The van der Waals surface area contributed by atoms with Crippen LogP contribution in [0.3, 0.4) is 0 Å². The lowest BCUT2D eigenvalue weighted by Gasteiger charge is -2.31. The molecule has 0 spiro atoms. The van der Waals surface area contributed by atoms with Gasteiger partial charge in [0.05, 0.1) is 18.7 Å². The van der Waals surface area contributed by atoms with Crippen molar-refractivity contribution in [1.29, 1.82) is 0 Å². The molecule has 6 heteroatoms. The number of benzene rings is 2. The van der Waals surface area contributed by atoms with E-state index in [1.165, 1.54) is 4.90 Å². The van der Waals surface area contributed by atoms with E-state index in [4.69, 9.17) is 10.5 Å². The molecule has 128 valence electrons. The van der Waals surface area contributed by atoms with Crippen LogP contribution in [-0.4, -0.2) is 48.3 Å². The Kier molecular flexibility index (Phi) is 4.90. The molecular weight excluding hydrogens is 320 g/mol. The van der Waals surface area contributed by atoms with Crippen LogP contribution in [0.2, 0.25) is 0 Å². The summed E-state index contributed by atoms with van der Waals surface area (Å²) in [4.78, 5) is 38.5. The van der Waals surface area contributed by atoms with E-state index in [0.29, 0.717) is 23.2 Å². The monoisotopic (exact) mass is 338 g/mol. The summed E-state index contributed by atoms with van der Waals surface area (Å²) < 4.78 is 5.27. The topological polar surface area (TPSA) is 89.7 Å². The maximum atomic E-state index is 12.9. The average molecular weight is 338 g/mol. The fourth-order valence-electron chi connectivity index (χ4n) is 2.79. The van der Waals surface area contributed by atoms with Gasteiger partial charge in [0, 0.05) is 17.7 Å². The lowest BCUT2D eigenvalue weighted by Crippen LogP contribution is -2.50. The van der Waals surface area contributed by atoms with Crippen LogP contribution >= 0.6 is 0 Å². The maximum absolute atomic E-state index is 12.9. The van der Waals surface area contributed by atoms with Gasteiger partial charge in [0.15, 0.2) is 11.9 Å². The lowest BCUT2D eigenvalue weighted by molar-refractivity contribution is -0.133. The van der Waals surface area contributed by atoms with Gasteiger partial charge in [-0.15, -0.1) is 0 Å². The second-order valence-corrected chi connectivity index (χ2v) is 5.75. The molecule has 2 amide bonds. The van der Waals surface area contributed by atoms with Gasteiger partial charge in [-0.05, 0) is 6.07 Å². The number of nitrogens with zero attached hydrogens (tertiary/aromatic N) is 1. The highest BCUT2D eigenvalue weighted by Gasteiger charge is 2.30. The van der Waals surface area contributed by atoms with Gasteiger partial charge >= 0.3 is 0 Å². The molecule has 25 heavy (non-hydrogen) atoms. The number of hydrogen-bond donors (Lipinski definition) is 1. The van der Waals surface area contributed by atoms with Gasteiger partial charge < -0.3 is 15.4 Å². The average Bonchev–Trinajstić information content (AvgIpc) is 2.67. The van der Waals surface area contributed by atoms with E-state index < -0.39 is 12.0 Å². The molecule has 1 aliphatic heterocycles. The van der Waals surface area contributed by atoms with Crippen LogP contribution in [0.5, 0.6) is 0 Å². The molecular formula is C19H18N2O4. The number of carbonyl (C=O) groups is 3. The highest BCUT2D eigenvalue weighted by Crippen LogP contribution is 2.18. The van der Waals surface area contributed by atoms with E-state index in [9.17, 15) is 14.4 Å². The number of hydrogen-bond acceptors (Lipinski definition) is 4. The minimum absolute atomic E-state index is 0.0853. The quantitative estimate of drug-likeness (QED) is 0.850. The van der Waals surface area contributed by atoms with Crippen LogP contribution in [0.1, 0.15) is 26.3 Å². The van der Waals surface area contributed by atoms with Crippen molar-refractivity contribution in [3.8, 4) is 0 Å². The van der Waals surface area contributed by atoms with Gasteiger partial charge in [0.2, 0.25) is 5.91 Å². The Morgan fingerprint density at radius 3 is 2.28 bits per heavy atom. The number of morpholine rings is 1. The summed E-state index contributed by atoms with van der Waals surface area (Å²) in [6.45, 7) is 0.659. The number of ketones is 1. The third-order valence-corrected chi connectivity index (χ3v) is 4.11. The molecule has 1 saturated heterocycles. The van der Waals surface area contributed by atoms with Crippen molar-refractivity contribution in [2.24, 2.45) is 5.73 Å². The van der Waals surface area contributed by atoms with Crippen molar-refractivity contribution < 1.29 is 19.1 Å². The van der Waals surface area contributed by atoms with E-state index in [2.05, 4.69) is 0 Å². The normalized spacial score (nSPS) is 17.1. The summed E-state index contributed by atoms with van der Waals surface area (Å²) in [5, 5.41) is 0. The highest BCUT2D eigenvalue weighted by molar-refractivity contribution is 6.15. The summed E-state index contributed by atoms with van der Waals surface area (Å²) in [5.74, 6) is -1.13. The molecule has 0 radical (unpaired) electrons. The van der Waals surface area contributed by atoms with Crippen molar-refractivity contribution in [3.63, 3.8) is 0 Å². The molecule has 2 aromatic carbocycles. The van der Waals surface area contributed by atoms with Crippen LogP contribution in [0, 0.1) is 0 Å². The van der Waals surface area contributed by atoms with Gasteiger partial charge in [-0.1, -0.05) is 48.5 Å². The predicted molar refractivity (Wildman–Crippen MR) is 91.2 cm³/mol. The SMILES string of the molecule is NC(=O)[C@H]1CN(C(=O)c2ccccc2C(=O)c2ccccc2)CCO1. The Morgan fingerprint density at radius 1 is 0.960 bits per heavy atom. The molecule has 1 aliphatic rings. The Morgan fingerprint density at radius 2 is 1.60 bits per heavy atom. The summed E-state index contributed by atoms with van der Waals surface area (Å²) in [5.41, 5.74) is 6.42. The van der Waals surface area contributed by atoms with Crippen LogP contribution in [0.25, 0.3) is 0 Å². The van der Waals surface area contributed by atoms with Gasteiger partial charge in [0.25, 0.3) is 5.91 Å². The summed E-state index contributed by atoms with van der Waals surface area (Å²) in [6, 6.07) is 15.5. The fourth-order valence-corrected chi connectivity index (χ4v) is 2.79. The first-order valence-electron chi connectivity index (χ1n) is 7.97. The van der Waals surface area contributed by atoms with Crippen molar-refractivity contribution in [2.45, 2.75) is 6.10 Å². The summed E-state index contributed by atoms with van der Waals surface area (Å²) in [6.07, 6.45) is -0.824. The molecule has 1 heterocycles. The minimum atomic E-state index is -0.824. The zero-order chi connectivity index (χ0) is 17.8. The minimum Gasteiger partial charge on any atom is -0.367 e. The Bertz CT molecular complexity index is 804. The second kappa shape index (κ2) is 7.27. The lowest BCUT2D eigenvalue weighted by atomic mass is 9.97. The smallest absolute Gasteiger partial charge is 0.254 e. The van der Waals surface area contributed by atoms with Crippen LogP contribution in [-0.2, 0) is 9.53 Å². The molecule has 0 unspecified atom stereocenters. The Hall–Kier alpha value is -2.99. The third-order valence-electron chi connectivity index (χ3n) is 4.11. The standard InChI is InChI=1S/C19H18N2O4/c20-18(23)16-12-21(10-11-25-16)19(24)15-9-5-4-8-14(15)17(22)13-6-2-1-3-7-13/h1-9,16H,10-12H2,(H2,20,23)/t16-/m1/s1. The molecule has 0 saturated carbocycles. The van der Waals surface area contributed by atoms with Crippen molar-refractivity contribution >= 4 is 17.6 Å². The fraction of sp³-hybridized carbons (Fsp3) is 0.211. The molecule has 2 N–H and O–H groups in total. The molecule has 0 aromatic heterocycles. The molecule has 0 aliphatic carbocycles. The van der Waals surface area contributed by atoms with Crippen LogP contribution in [0.15, 0.2) is 54.6 Å². The Labute approximate surface area is 145 Å². The van der Waals surface area contributed by atoms with Gasteiger partial charge in [-0.2, -0.15) is 0 Å². The molecule has 0 bridgehead atoms. The molecule has 1 atom stereocenters. The van der Waals surface area contributed by atoms with Crippen molar-refractivity contribution in [3.05, 3.63) is 71.3 Å². The second-order valence-electron chi connectivity index (χ2n) is 5.75. The molecule has 2 aromatic rings. The van der Waals surface area contributed by atoms with E-state index >= 15 is 0 Å². The zero-order valence-corrected chi connectivity index (χ0v) is 13.6. The predicted octanol–water partition coefficient (Wildman–Crippen LogP) is 1.24. The maximum Gasteiger partial charge on any atom is 0.254 e. The van der Waals surface area contributed by atoms with Gasteiger partial charge in [0.1, 0.15) is 0 Å². The van der Waals surface area contributed by atoms with Crippen LogP contribution in [0.4, 0.5) is 0 Å². The van der Waals surface area contributed by atoms with Gasteiger partial charge in [-0.25, -0.2) is 0 Å². The third kappa shape index (κ3) is 3.59. The first kappa shape index (κ1) is 16.9. The van der Waals surface area contributed by atoms with Gasteiger partial charge in [-0.3, -0.25) is 14.4 Å². The number of carbonyl (C=O) groups excluding carboxylic acids is 3. The number of ether oxygens (including phenoxy) is 1. The summed E-state index contributed by atoms with van der Waals surface area (Å²) in [7, 11) is 0. The Balaban J connectivity index is 1.89. The number of nitrogens with two attached hydrogens (primary N) is 1. The first-order valence-corrected chi connectivity index (χ1v) is 7.97. The highest BCUT2D eigenvalue weighted by atomic mass is 16.5. The van der Waals surface area contributed by atoms with Crippen LogP contribution < -0.4 is 5.73 Å². The van der Waals surface area contributed by atoms with Crippen molar-refractivity contribution in [2.75, 3.05) is 19.7 Å². The summed E-state index contributed by atoms with van der Waals surface area (Å²) >= 11 is 0. The van der Waals surface area contributed by atoms with E-state index in [1.807, 2.05) is 6.07 Å². The van der Waals surface area contributed by atoms with E-state index in [0.717, 1.165) is 0 Å². The van der Waals surface area contributed by atoms with E-state index in [1.54, 1.807) is 48.5 Å². The zero-order valence-electron chi connectivity index (χ0n) is 13.6. The molecule has 3 rings (SSSR count). The van der Waals surface area contributed by atoms with E-state index in [-0.39, 0.29) is 24.8 Å². The molecule has 1 fully saturated rings. The largest absolute Gasteiger partial charge is 0.367 e. The number of rotatable bonds is 4.